The zero-order valence-electron chi connectivity index (χ0n) is 23.7. The Bertz CT molecular complexity index is 1640. The van der Waals surface area contributed by atoms with E-state index in [0.717, 1.165) is 23.3 Å². The number of hydrogen-bond acceptors (Lipinski definition) is 8. The van der Waals surface area contributed by atoms with Crippen molar-refractivity contribution in [2.45, 2.75) is 63.8 Å². The fraction of sp³-hybridized carbons (Fsp3) is 0.517. The number of anilines is 1. The monoisotopic (exact) mass is 564 g/mol. The maximum Gasteiger partial charge on any atom is 0.244 e. The minimum Gasteiger partial charge on any atom is -0.479 e. The molecule has 2 aliphatic heterocycles. The van der Waals surface area contributed by atoms with Gasteiger partial charge >= 0.3 is 0 Å². The molecular formula is C29H34F2N8O2. The van der Waals surface area contributed by atoms with E-state index in [-0.39, 0.29) is 25.0 Å². The van der Waals surface area contributed by atoms with Crippen LogP contribution in [0.5, 0.6) is 5.88 Å². The molecule has 2 saturated heterocycles. The molecule has 41 heavy (non-hydrogen) atoms. The third kappa shape index (κ3) is 4.77. The van der Waals surface area contributed by atoms with Crippen molar-refractivity contribution in [3.63, 3.8) is 0 Å². The van der Waals surface area contributed by atoms with Crippen molar-refractivity contribution >= 4 is 22.5 Å². The van der Waals surface area contributed by atoms with Crippen molar-refractivity contribution in [3.8, 4) is 23.1 Å². The summed E-state index contributed by atoms with van der Waals surface area (Å²) in [7, 11) is 1.53. The predicted octanol–water partition coefficient (Wildman–Crippen LogP) is 4.68. The van der Waals surface area contributed by atoms with Crippen LogP contribution < -0.4 is 10.1 Å². The summed E-state index contributed by atoms with van der Waals surface area (Å²) in [6.45, 7) is 7.42. The number of nitrogens with zero attached hydrogens (tertiary/aromatic N) is 7. The highest BCUT2D eigenvalue weighted by Crippen LogP contribution is 2.35. The van der Waals surface area contributed by atoms with Crippen molar-refractivity contribution in [3.05, 3.63) is 36.0 Å². The average molecular weight is 565 g/mol. The fourth-order valence-corrected chi connectivity index (χ4v) is 6.18. The number of benzene rings is 1. The lowest BCUT2D eigenvalue weighted by molar-refractivity contribution is -0.115. The van der Waals surface area contributed by atoms with Crippen molar-refractivity contribution < 1.29 is 18.3 Å². The summed E-state index contributed by atoms with van der Waals surface area (Å²) in [5.74, 6) is 1.00. The molecule has 10 nitrogen and oxygen atoms in total. The number of imidazole rings is 1. The van der Waals surface area contributed by atoms with Gasteiger partial charge in [0.05, 0.1) is 31.9 Å². The first-order valence-corrected chi connectivity index (χ1v) is 14.0. The van der Waals surface area contributed by atoms with Gasteiger partial charge in [0.2, 0.25) is 11.8 Å². The molecule has 12 heteroatoms. The van der Waals surface area contributed by atoms with Gasteiger partial charge in [-0.3, -0.25) is 4.90 Å². The molecular weight excluding hydrogens is 530 g/mol. The van der Waals surface area contributed by atoms with Crippen LogP contribution in [-0.4, -0.2) is 80.2 Å². The molecule has 2 aliphatic rings. The normalized spacial score (nSPS) is 21.4. The van der Waals surface area contributed by atoms with Crippen LogP contribution in [-0.2, 0) is 4.74 Å². The molecule has 1 unspecified atom stereocenters. The summed E-state index contributed by atoms with van der Waals surface area (Å²) in [5.41, 5.74) is 2.35. The molecule has 3 aromatic heterocycles. The molecule has 6 rings (SSSR count). The second-order valence-electron chi connectivity index (χ2n) is 11.3. The van der Waals surface area contributed by atoms with Crippen LogP contribution in [0.25, 0.3) is 27.7 Å². The van der Waals surface area contributed by atoms with E-state index < -0.39 is 17.5 Å². The summed E-state index contributed by atoms with van der Waals surface area (Å²) in [5, 5.41) is 17.6. The number of rotatable bonds is 6. The Morgan fingerprint density at radius 1 is 1.27 bits per heavy atom. The summed E-state index contributed by atoms with van der Waals surface area (Å²) in [6.07, 6.45) is 2.42. The third-order valence-electron chi connectivity index (χ3n) is 8.19. The van der Waals surface area contributed by atoms with Crippen molar-refractivity contribution in [2.24, 2.45) is 0 Å². The van der Waals surface area contributed by atoms with E-state index in [9.17, 15) is 5.26 Å². The highest BCUT2D eigenvalue weighted by molar-refractivity contribution is 5.90. The molecule has 2 atom stereocenters. The molecule has 2 fully saturated rings. The molecule has 216 valence electrons. The van der Waals surface area contributed by atoms with Gasteiger partial charge in [0.1, 0.15) is 23.0 Å². The van der Waals surface area contributed by atoms with Crippen molar-refractivity contribution in [1.82, 2.24) is 29.0 Å². The molecule has 0 saturated carbocycles. The number of methoxy groups -OCH3 is 1. The van der Waals surface area contributed by atoms with Gasteiger partial charge in [-0.05, 0) is 57.4 Å². The van der Waals surface area contributed by atoms with Gasteiger partial charge in [-0.2, -0.15) is 10.2 Å². The molecule has 0 amide bonds. The zero-order valence-corrected chi connectivity index (χ0v) is 23.7. The highest BCUT2D eigenvalue weighted by Gasteiger charge is 2.45. The van der Waals surface area contributed by atoms with E-state index in [1.54, 1.807) is 10.7 Å². The number of aromatic nitrogens is 5. The Hall–Kier alpha value is -3.82. The molecule has 1 N–H and O–H groups in total. The summed E-state index contributed by atoms with van der Waals surface area (Å²) in [4.78, 5) is 11.0. The lowest BCUT2D eigenvalue weighted by atomic mass is 9.93. The van der Waals surface area contributed by atoms with Gasteiger partial charge in [0, 0.05) is 43.4 Å². The van der Waals surface area contributed by atoms with Crippen molar-refractivity contribution in [1.29, 1.82) is 5.26 Å². The first-order valence-electron chi connectivity index (χ1n) is 14.0. The van der Waals surface area contributed by atoms with E-state index in [4.69, 9.17) is 9.47 Å². The number of hydrogen-bond donors (Lipinski definition) is 1. The molecule has 0 spiro atoms. The minimum absolute atomic E-state index is 0.117. The second-order valence-corrected chi connectivity index (χ2v) is 11.3. The zero-order chi connectivity index (χ0) is 28.9. The number of alkyl halides is 1. The highest BCUT2D eigenvalue weighted by atomic mass is 19.1. The van der Waals surface area contributed by atoms with E-state index in [0.29, 0.717) is 54.6 Å². The summed E-state index contributed by atoms with van der Waals surface area (Å²) in [6, 6.07) is 7.53. The van der Waals surface area contributed by atoms with Crippen LogP contribution >= 0.6 is 0 Å². The Morgan fingerprint density at radius 2 is 2.07 bits per heavy atom. The van der Waals surface area contributed by atoms with Gasteiger partial charge in [0.15, 0.2) is 11.4 Å². The third-order valence-corrected chi connectivity index (χ3v) is 8.19. The van der Waals surface area contributed by atoms with E-state index >= 15 is 8.78 Å². The number of fused-ring (bicyclic) bond motifs is 2. The van der Waals surface area contributed by atoms with Crippen LogP contribution in [0.15, 0.2) is 24.4 Å². The number of aryl methyl sites for hydroxylation is 1. The van der Waals surface area contributed by atoms with E-state index in [2.05, 4.69) is 26.5 Å². The Kier molecular flexibility index (Phi) is 7.03. The first-order chi connectivity index (χ1) is 19.7. The maximum absolute atomic E-state index is 15.2. The van der Waals surface area contributed by atoms with Crippen LogP contribution in [0.3, 0.4) is 0 Å². The van der Waals surface area contributed by atoms with Crippen LogP contribution in [0, 0.1) is 24.1 Å². The molecule has 4 aromatic rings. The van der Waals surface area contributed by atoms with Crippen LogP contribution in [0.1, 0.15) is 45.0 Å². The predicted molar refractivity (Wildman–Crippen MR) is 150 cm³/mol. The molecule has 0 aliphatic carbocycles. The topological polar surface area (TPSA) is 106 Å². The Morgan fingerprint density at radius 3 is 2.76 bits per heavy atom. The van der Waals surface area contributed by atoms with Crippen LogP contribution in [0.2, 0.25) is 0 Å². The van der Waals surface area contributed by atoms with Gasteiger partial charge < -0.3 is 19.4 Å². The summed E-state index contributed by atoms with van der Waals surface area (Å²) < 4.78 is 44.9. The van der Waals surface area contributed by atoms with E-state index in [1.165, 1.54) is 13.2 Å². The fourth-order valence-electron chi connectivity index (χ4n) is 6.18. The smallest absolute Gasteiger partial charge is 0.244 e. The number of likely N-dealkylation sites (tertiary alicyclic amines) is 1. The minimum atomic E-state index is -1.12. The van der Waals surface area contributed by atoms with Crippen LogP contribution in [0.4, 0.5) is 14.7 Å². The number of nitrogens with one attached hydrogen (secondary N) is 1. The molecule has 1 aromatic carbocycles. The van der Waals surface area contributed by atoms with Gasteiger partial charge in [-0.1, -0.05) is 0 Å². The Balaban J connectivity index is 1.27. The number of ether oxygens (including phenoxy) is 2. The van der Waals surface area contributed by atoms with Crippen molar-refractivity contribution in [2.75, 3.05) is 38.7 Å². The lowest BCUT2D eigenvalue weighted by Gasteiger charge is -2.46. The first kappa shape index (κ1) is 27.4. The summed E-state index contributed by atoms with van der Waals surface area (Å²) >= 11 is 0. The molecule has 0 bridgehead atoms. The lowest BCUT2D eigenvalue weighted by Crippen LogP contribution is -2.63. The Labute approximate surface area is 236 Å². The maximum atomic E-state index is 15.2. The SMILES string of the molecule is COc1nc(NC2CCCN(C3(C#N)COC3)C[C@@H](F)C2)nn2ccc(-c3cc(F)c4nc(C)n(C(C)C)c4c3)c12. The standard InChI is InChI=1S/C29H34F2N8O2/c1-17(2)39-18(3)33-25-23(31)10-19(11-24(25)39)22-7-9-38-26(22)27(40-4)35-28(36-38)34-21-6-5-8-37(13-20(30)12-21)29(14-32)15-41-16-29/h7,9-11,17,20-21H,5-6,8,12-13,15-16H2,1-4H3,(H,34,36)/t20-,21?/m0/s1. The molecule has 0 radical (unpaired) electrons. The number of halogens is 2. The van der Waals surface area contributed by atoms with Gasteiger partial charge in [0.25, 0.3) is 0 Å². The van der Waals surface area contributed by atoms with Gasteiger partial charge in [-0.25, -0.2) is 18.3 Å². The van der Waals surface area contributed by atoms with E-state index in [1.807, 2.05) is 42.4 Å². The average Bonchev–Trinajstić information content (AvgIpc) is 3.47. The molecule has 5 heterocycles. The quantitative estimate of drug-likeness (QED) is 0.360. The second kappa shape index (κ2) is 10.5. The largest absolute Gasteiger partial charge is 0.479 e. The number of nitriles is 1. The van der Waals surface area contributed by atoms with Gasteiger partial charge in [-0.15, -0.1) is 5.10 Å².